The van der Waals surface area contributed by atoms with Crippen LogP contribution in [0.25, 0.3) is 33.4 Å². The van der Waals surface area contributed by atoms with Crippen molar-refractivity contribution in [2.75, 3.05) is 5.73 Å². The second-order valence-electron chi connectivity index (χ2n) is 7.48. The molecule has 2 aromatic rings. The normalized spacial score (nSPS) is 12.2. The molecule has 4 rings (SSSR count). The van der Waals surface area contributed by atoms with Crippen LogP contribution in [-0.2, 0) is 19.2 Å². The molecule has 2 aromatic carbocycles. The maximum absolute atomic E-state index is 12.4. The summed E-state index contributed by atoms with van der Waals surface area (Å²) in [6.07, 6.45) is 0. The largest absolute Gasteiger partial charge is 0.478 e. The lowest BCUT2D eigenvalue weighted by molar-refractivity contribution is -0.176. The molecule has 0 atom stereocenters. The summed E-state index contributed by atoms with van der Waals surface area (Å²) in [5.41, 5.74) is 3.54. The van der Waals surface area contributed by atoms with Crippen molar-refractivity contribution in [1.82, 2.24) is 0 Å². The first-order valence-electron chi connectivity index (χ1n) is 9.56. The smallest absolute Gasteiger partial charge is 0.336 e. The van der Waals surface area contributed by atoms with E-state index in [-0.39, 0.29) is 33.0 Å². The number of anilines is 1. The van der Waals surface area contributed by atoms with E-state index in [2.05, 4.69) is 0 Å². The standard InChI is InChI=1S/C21H13ClN2O10S2/c22-35(29,30)18-13(23)5-3-10-15(9-2-1-8(20(25)26)7-12(9)21(27)28)11-4-6-14(24)19(36(31,32)33)17(11)34-16(10)18/h1-7,23H,24H2,(H,25,26)(H,27,28)(H,31,32,33)/p+1. The summed E-state index contributed by atoms with van der Waals surface area (Å²) in [6.45, 7) is 0. The maximum atomic E-state index is 12.4. The molecule has 2 aliphatic rings. The first kappa shape index (κ1) is 25.1. The Kier molecular flexibility index (Phi) is 5.80. The number of fused-ring (bicyclic) bond motifs is 2. The zero-order chi connectivity index (χ0) is 26.7. The van der Waals surface area contributed by atoms with E-state index >= 15 is 0 Å². The Morgan fingerprint density at radius 2 is 1.56 bits per heavy atom. The van der Waals surface area contributed by atoms with Gasteiger partial charge in [0.1, 0.15) is 0 Å². The molecule has 1 heterocycles. The number of aromatic carboxylic acids is 2. The minimum atomic E-state index is -5.06. The van der Waals surface area contributed by atoms with Gasteiger partial charge in [0.15, 0.2) is 21.1 Å². The molecule has 0 unspecified atom stereocenters. The van der Waals surface area contributed by atoms with E-state index in [9.17, 15) is 41.2 Å². The van der Waals surface area contributed by atoms with Gasteiger partial charge in [0, 0.05) is 33.3 Å². The van der Waals surface area contributed by atoms with Crippen LogP contribution in [0.4, 0.5) is 5.69 Å². The van der Waals surface area contributed by atoms with Crippen LogP contribution in [0.5, 0.6) is 0 Å². The molecule has 0 fully saturated rings. The molecule has 1 aliphatic carbocycles. The van der Waals surface area contributed by atoms with Crippen LogP contribution in [0.1, 0.15) is 20.7 Å². The van der Waals surface area contributed by atoms with Crippen LogP contribution in [0.3, 0.4) is 0 Å². The number of carboxylic acids is 2. The van der Waals surface area contributed by atoms with Crippen molar-refractivity contribution in [1.29, 1.82) is 0 Å². The third-order valence-corrected chi connectivity index (χ3v) is 7.60. The fourth-order valence-electron chi connectivity index (χ4n) is 3.88. The summed E-state index contributed by atoms with van der Waals surface area (Å²) in [4.78, 5) is 21.9. The van der Waals surface area contributed by atoms with Gasteiger partial charge in [0.2, 0.25) is 5.36 Å². The molecule has 0 spiro atoms. The second kappa shape index (κ2) is 8.30. The SMILES string of the molecule is Nc1ccc2c(-c3ccc(C(=O)O)cc3C(=O)O)c3ccc(=[NH2+])c(S(=O)(=O)Cl)c-3oc2c1S(=O)(=O)O. The van der Waals surface area contributed by atoms with Crippen LogP contribution in [0.15, 0.2) is 56.7 Å². The first-order chi connectivity index (χ1) is 16.6. The third kappa shape index (κ3) is 4.05. The van der Waals surface area contributed by atoms with Crippen molar-refractivity contribution in [2.45, 2.75) is 9.79 Å². The van der Waals surface area contributed by atoms with Crippen molar-refractivity contribution in [3.8, 4) is 22.5 Å². The molecule has 0 saturated heterocycles. The minimum absolute atomic E-state index is 0.0624. The van der Waals surface area contributed by atoms with E-state index in [0.717, 1.165) is 30.3 Å². The van der Waals surface area contributed by atoms with E-state index in [0.29, 0.717) is 0 Å². The summed E-state index contributed by atoms with van der Waals surface area (Å²) in [6, 6.07) is 7.95. The number of carbonyl (C=O) groups is 2. The van der Waals surface area contributed by atoms with Gasteiger partial charge in [0.25, 0.3) is 19.2 Å². The van der Waals surface area contributed by atoms with Crippen LogP contribution >= 0.6 is 10.7 Å². The van der Waals surface area contributed by atoms with E-state index < -0.39 is 63.5 Å². The van der Waals surface area contributed by atoms with Gasteiger partial charge in [0.05, 0.1) is 16.8 Å². The Morgan fingerprint density at radius 3 is 2.11 bits per heavy atom. The van der Waals surface area contributed by atoms with E-state index in [1.165, 1.54) is 12.1 Å². The Labute approximate surface area is 206 Å². The number of carboxylic acid groups (broad SMARTS) is 2. The summed E-state index contributed by atoms with van der Waals surface area (Å²) < 4.78 is 64.6. The Bertz CT molecular complexity index is 1880. The third-order valence-electron chi connectivity index (χ3n) is 5.30. The highest BCUT2D eigenvalue weighted by atomic mass is 35.7. The summed E-state index contributed by atoms with van der Waals surface area (Å²) in [7, 11) is -4.10. The highest BCUT2D eigenvalue weighted by Gasteiger charge is 2.33. The van der Waals surface area contributed by atoms with Crippen LogP contribution in [-0.4, -0.2) is 43.5 Å². The molecule has 0 radical (unpaired) electrons. The van der Waals surface area contributed by atoms with Crippen molar-refractivity contribution >= 4 is 58.4 Å². The van der Waals surface area contributed by atoms with Gasteiger partial charge in [-0.15, -0.1) is 0 Å². The van der Waals surface area contributed by atoms with E-state index in [1.54, 1.807) is 0 Å². The second-order valence-corrected chi connectivity index (χ2v) is 11.3. The molecule has 0 aromatic heterocycles. The highest BCUT2D eigenvalue weighted by molar-refractivity contribution is 8.13. The van der Waals surface area contributed by atoms with E-state index in [1.807, 2.05) is 0 Å². The number of halogens is 1. The number of nitrogen functional groups attached to an aromatic ring is 1. The van der Waals surface area contributed by atoms with Gasteiger partial charge in [-0.1, -0.05) is 6.07 Å². The number of rotatable bonds is 5. The highest BCUT2D eigenvalue weighted by Crippen LogP contribution is 2.46. The summed E-state index contributed by atoms with van der Waals surface area (Å²) >= 11 is 0. The predicted octanol–water partition coefficient (Wildman–Crippen LogP) is 1.02. The molecule has 0 saturated carbocycles. The van der Waals surface area contributed by atoms with Crippen molar-refractivity contribution in [3.05, 3.63) is 58.9 Å². The Balaban J connectivity index is 2.37. The number of nitrogens with two attached hydrogens (primary N) is 2. The Morgan fingerprint density at radius 1 is 0.917 bits per heavy atom. The average Bonchev–Trinajstić information content (AvgIpc) is 2.74. The average molecular weight is 554 g/mol. The predicted molar refractivity (Wildman–Crippen MR) is 125 cm³/mol. The number of hydrogen-bond acceptors (Lipinski definition) is 8. The lowest BCUT2D eigenvalue weighted by atomic mass is 9.89. The van der Waals surface area contributed by atoms with Gasteiger partial charge in [-0.05, 0) is 35.9 Å². The van der Waals surface area contributed by atoms with Gasteiger partial charge >= 0.3 is 11.9 Å². The van der Waals surface area contributed by atoms with Crippen molar-refractivity contribution in [3.63, 3.8) is 0 Å². The van der Waals surface area contributed by atoms with E-state index in [4.69, 9.17) is 26.2 Å². The molecule has 1 aliphatic heterocycles. The first-order valence-corrected chi connectivity index (χ1v) is 13.3. The van der Waals surface area contributed by atoms with Gasteiger partial charge < -0.3 is 20.4 Å². The van der Waals surface area contributed by atoms with Gasteiger partial charge in [-0.3, -0.25) is 9.96 Å². The molecule has 186 valence electrons. The fourth-order valence-corrected chi connectivity index (χ4v) is 5.83. The summed E-state index contributed by atoms with van der Waals surface area (Å²) in [5, 5.41) is 24.5. The summed E-state index contributed by atoms with van der Waals surface area (Å²) in [5.74, 6) is -3.51. The minimum Gasteiger partial charge on any atom is -0.478 e. The lowest BCUT2D eigenvalue weighted by Crippen LogP contribution is -2.47. The fraction of sp³-hybridized carbons (Fsp3) is 0. The topological polar surface area (TPSA) is 228 Å². The zero-order valence-corrected chi connectivity index (χ0v) is 20.0. The van der Waals surface area contributed by atoms with Gasteiger partial charge in [-0.25, -0.2) is 18.0 Å². The molecular formula is C21H14ClN2O10S2+. The zero-order valence-electron chi connectivity index (χ0n) is 17.6. The quantitative estimate of drug-likeness (QED) is 0.101. The molecule has 12 nitrogen and oxygen atoms in total. The maximum Gasteiger partial charge on any atom is 0.336 e. The van der Waals surface area contributed by atoms with Crippen LogP contribution < -0.4 is 16.5 Å². The van der Waals surface area contributed by atoms with Crippen LogP contribution in [0, 0.1) is 0 Å². The van der Waals surface area contributed by atoms with Gasteiger partial charge in [-0.2, -0.15) is 8.42 Å². The molecular weight excluding hydrogens is 540 g/mol. The monoisotopic (exact) mass is 553 g/mol. The van der Waals surface area contributed by atoms with Crippen LogP contribution in [0.2, 0.25) is 0 Å². The molecule has 7 N–H and O–H groups in total. The molecule has 0 bridgehead atoms. The number of hydrogen-bond donors (Lipinski definition) is 5. The molecule has 36 heavy (non-hydrogen) atoms. The molecule has 15 heteroatoms. The Hall–Kier alpha value is -3.98. The van der Waals surface area contributed by atoms with Crippen molar-refractivity contribution in [2.24, 2.45) is 0 Å². The number of benzene rings is 3. The van der Waals surface area contributed by atoms with Crippen molar-refractivity contribution < 1.29 is 51.0 Å². The lowest BCUT2D eigenvalue weighted by Gasteiger charge is -2.19. The molecule has 0 amide bonds.